The smallest absolute Gasteiger partial charge is 0.341 e. The van der Waals surface area contributed by atoms with E-state index in [0.29, 0.717) is 12.2 Å². The maximum atomic E-state index is 11.3. The summed E-state index contributed by atoms with van der Waals surface area (Å²) in [7, 11) is -3.02. The second kappa shape index (κ2) is 5.11. The first-order chi connectivity index (χ1) is 7.42. The summed E-state index contributed by atoms with van der Waals surface area (Å²) in [6, 6.07) is 0. The van der Waals surface area contributed by atoms with E-state index in [1.54, 1.807) is 6.92 Å². The van der Waals surface area contributed by atoms with Gasteiger partial charge in [-0.3, -0.25) is 4.68 Å². The maximum absolute atomic E-state index is 11.3. The number of esters is 1. The fourth-order valence-electron chi connectivity index (χ4n) is 1.07. The quantitative estimate of drug-likeness (QED) is 0.689. The molecule has 0 bridgehead atoms. The van der Waals surface area contributed by atoms with Gasteiger partial charge in [0.15, 0.2) is 0 Å². The Morgan fingerprint density at radius 2 is 2.25 bits per heavy atom. The molecule has 0 fully saturated rings. The lowest BCUT2D eigenvalue weighted by Gasteiger charge is -1.99. The third-order valence-electron chi connectivity index (χ3n) is 1.84. The number of carbonyl (C=O) groups excluding carboxylic acids is 1. The minimum absolute atomic E-state index is 0.00303. The van der Waals surface area contributed by atoms with Crippen molar-refractivity contribution in [3.8, 4) is 0 Å². The normalized spacial score (nSPS) is 11.4. The molecular weight excluding hydrogens is 232 g/mol. The summed E-state index contributed by atoms with van der Waals surface area (Å²) in [6.45, 7) is 2.25. The van der Waals surface area contributed by atoms with Crippen LogP contribution in [0.4, 0.5) is 0 Å². The summed E-state index contributed by atoms with van der Waals surface area (Å²) >= 11 is 0. The standard InChI is InChI=1S/C9H14N2O4S/c1-3-15-9(12)8-6-10-11(7-8)4-5-16(2,13)14/h6-7H,3-5H2,1-2H3. The molecule has 0 radical (unpaired) electrons. The average Bonchev–Trinajstić information content (AvgIpc) is 2.62. The molecule has 1 aromatic rings. The molecular formula is C9H14N2O4S. The topological polar surface area (TPSA) is 78.3 Å². The number of rotatable bonds is 5. The molecule has 0 N–H and O–H groups in total. The highest BCUT2D eigenvalue weighted by Crippen LogP contribution is 2.01. The van der Waals surface area contributed by atoms with Crippen molar-refractivity contribution >= 4 is 15.8 Å². The van der Waals surface area contributed by atoms with Crippen LogP contribution < -0.4 is 0 Å². The molecule has 1 rings (SSSR count). The van der Waals surface area contributed by atoms with E-state index < -0.39 is 15.8 Å². The molecule has 0 aliphatic heterocycles. The van der Waals surface area contributed by atoms with Crippen molar-refractivity contribution in [2.75, 3.05) is 18.6 Å². The van der Waals surface area contributed by atoms with Crippen molar-refractivity contribution in [1.29, 1.82) is 0 Å². The Morgan fingerprint density at radius 3 is 2.81 bits per heavy atom. The largest absolute Gasteiger partial charge is 0.462 e. The highest BCUT2D eigenvalue weighted by molar-refractivity contribution is 7.90. The summed E-state index contributed by atoms with van der Waals surface area (Å²) in [4.78, 5) is 11.3. The van der Waals surface area contributed by atoms with Crippen molar-refractivity contribution in [2.45, 2.75) is 13.5 Å². The summed E-state index contributed by atoms with van der Waals surface area (Å²) in [6.07, 6.45) is 3.99. The summed E-state index contributed by atoms with van der Waals surface area (Å²) < 4.78 is 28.0. The number of hydrogen-bond acceptors (Lipinski definition) is 5. The Balaban J connectivity index is 2.61. The van der Waals surface area contributed by atoms with Crippen LogP contribution in [0.1, 0.15) is 17.3 Å². The van der Waals surface area contributed by atoms with Gasteiger partial charge in [0.25, 0.3) is 0 Å². The zero-order chi connectivity index (χ0) is 12.2. The summed E-state index contributed by atoms with van der Waals surface area (Å²) in [5.74, 6) is -0.454. The summed E-state index contributed by atoms with van der Waals surface area (Å²) in [5.41, 5.74) is 0.329. The molecule has 7 heteroatoms. The van der Waals surface area contributed by atoms with Crippen LogP contribution in [0.3, 0.4) is 0 Å². The van der Waals surface area contributed by atoms with Gasteiger partial charge >= 0.3 is 5.97 Å². The van der Waals surface area contributed by atoms with Gasteiger partial charge in [-0.25, -0.2) is 13.2 Å². The average molecular weight is 246 g/mol. The highest BCUT2D eigenvalue weighted by atomic mass is 32.2. The third-order valence-corrected chi connectivity index (χ3v) is 2.76. The molecule has 0 aliphatic carbocycles. The molecule has 0 atom stereocenters. The molecule has 90 valence electrons. The van der Waals surface area contributed by atoms with Crippen LogP contribution in [-0.4, -0.2) is 42.8 Å². The summed E-state index contributed by atoms with van der Waals surface area (Å²) in [5, 5.41) is 3.87. The van der Waals surface area contributed by atoms with Crippen LogP contribution in [0.25, 0.3) is 0 Å². The van der Waals surface area contributed by atoms with E-state index in [9.17, 15) is 13.2 Å². The number of ether oxygens (including phenoxy) is 1. The molecule has 16 heavy (non-hydrogen) atoms. The fraction of sp³-hybridized carbons (Fsp3) is 0.556. The zero-order valence-electron chi connectivity index (χ0n) is 9.21. The molecule has 0 saturated carbocycles. The van der Waals surface area contributed by atoms with E-state index >= 15 is 0 Å². The SMILES string of the molecule is CCOC(=O)c1cnn(CCS(C)(=O)=O)c1. The van der Waals surface area contributed by atoms with Crippen LogP contribution >= 0.6 is 0 Å². The van der Waals surface area contributed by atoms with Gasteiger partial charge in [0, 0.05) is 12.5 Å². The second-order valence-electron chi connectivity index (χ2n) is 3.34. The molecule has 0 spiro atoms. The van der Waals surface area contributed by atoms with Crippen LogP contribution in [0.2, 0.25) is 0 Å². The van der Waals surface area contributed by atoms with Gasteiger partial charge in [-0.05, 0) is 6.92 Å². The highest BCUT2D eigenvalue weighted by Gasteiger charge is 2.10. The molecule has 0 amide bonds. The van der Waals surface area contributed by atoms with Gasteiger partial charge in [0.1, 0.15) is 9.84 Å². The van der Waals surface area contributed by atoms with Gasteiger partial charge in [0.2, 0.25) is 0 Å². The minimum Gasteiger partial charge on any atom is -0.462 e. The Hall–Kier alpha value is -1.37. The van der Waals surface area contributed by atoms with Crippen LogP contribution in [0.15, 0.2) is 12.4 Å². The van der Waals surface area contributed by atoms with Crippen LogP contribution in [0.5, 0.6) is 0 Å². The van der Waals surface area contributed by atoms with Gasteiger partial charge < -0.3 is 4.74 Å². The van der Waals surface area contributed by atoms with Gasteiger partial charge in [-0.2, -0.15) is 5.10 Å². The number of aromatic nitrogens is 2. The Bertz CT molecular complexity index is 464. The lowest BCUT2D eigenvalue weighted by atomic mass is 10.4. The fourth-order valence-corrected chi connectivity index (χ4v) is 1.58. The van der Waals surface area contributed by atoms with E-state index in [4.69, 9.17) is 4.74 Å². The molecule has 0 aromatic carbocycles. The molecule has 1 heterocycles. The van der Waals surface area contributed by atoms with Crippen molar-refractivity contribution in [1.82, 2.24) is 9.78 Å². The van der Waals surface area contributed by atoms with E-state index in [2.05, 4.69) is 5.10 Å². The Kier molecular flexibility index (Phi) is 4.05. The van der Waals surface area contributed by atoms with Crippen LogP contribution in [-0.2, 0) is 21.1 Å². The van der Waals surface area contributed by atoms with Crippen molar-refractivity contribution in [3.05, 3.63) is 18.0 Å². The van der Waals surface area contributed by atoms with E-state index in [1.807, 2.05) is 0 Å². The lowest BCUT2D eigenvalue weighted by molar-refractivity contribution is 0.0526. The van der Waals surface area contributed by atoms with Crippen molar-refractivity contribution < 1.29 is 17.9 Å². The maximum Gasteiger partial charge on any atom is 0.341 e. The first-order valence-corrected chi connectivity index (χ1v) is 6.85. The predicted molar refractivity (Wildman–Crippen MR) is 57.9 cm³/mol. The van der Waals surface area contributed by atoms with E-state index in [1.165, 1.54) is 17.1 Å². The van der Waals surface area contributed by atoms with Crippen LogP contribution in [0, 0.1) is 0 Å². The number of aryl methyl sites for hydroxylation is 1. The minimum atomic E-state index is -3.02. The zero-order valence-corrected chi connectivity index (χ0v) is 10.0. The number of nitrogens with zero attached hydrogens (tertiary/aromatic N) is 2. The molecule has 0 aliphatic rings. The van der Waals surface area contributed by atoms with Gasteiger partial charge in [-0.1, -0.05) is 0 Å². The van der Waals surface area contributed by atoms with Crippen molar-refractivity contribution in [3.63, 3.8) is 0 Å². The van der Waals surface area contributed by atoms with Crippen molar-refractivity contribution in [2.24, 2.45) is 0 Å². The van der Waals surface area contributed by atoms with E-state index in [-0.39, 0.29) is 12.3 Å². The molecule has 0 unspecified atom stereocenters. The first-order valence-electron chi connectivity index (χ1n) is 4.79. The molecule has 6 nitrogen and oxygen atoms in total. The monoisotopic (exact) mass is 246 g/mol. The lowest BCUT2D eigenvalue weighted by Crippen LogP contribution is -2.11. The number of hydrogen-bond donors (Lipinski definition) is 0. The van der Waals surface area contributed by atoms with E-state index in [0.717, 1.165) is 6.26 Å². The number of sulfone groups is 1. The number of carbonyl (C=O) groups is 1. The van der Waals surface area contributed by atoms with Gasteiger partial charge in [0.05, 0.1) is 30.7 Å². The Labute approximate surface area is 94.1 Å². The predicted octanol–water partition coefficient (Wildman–Crippen LogP) is 0.104. The van der Waals surface area contributed by atoms with Gasteiger partial charge in [-0.15, -0.1) is 0 Å². The second-order valence-corrected chi connectivity index (χ2v) is 5.60. The Morgan fingerprint density at radius 1 is 1.56 bits per heavy atom. The third kappa shape index (κ3) is 4.01. The first kappa shape index (κ1) is 12.7. The molecule has 0 saturated heterocycles. The molecule has 1 aromatic heterocycles.